The fraction of sp³-hybridized carbons (Fsp3) is 0. The number of para-hydroxylation sites is 1. The van der Waals surface area contributed by atoms with Gasteiger partial charge in [-0.1, -0.05) is 12.1 Å². The number of carbonyl (C=O) groups is 1. The van der Waals surface area contributed by atoms with E-state index in [0.717, 1.165) is 6.07 Å². The molecule has 0 saturated heterocycles. The molecule has 16 heavy (non-hydrogen) atoms. The van der Waals surface area contributed by atoms with Crippen molar-refractivity contribution in [3.63, 3.8) is 0 Å². The molecule has 1 aromatic carbocycles. The summed E-state index contributed by atoms with van der Waals surface area (Å²) in [6, 6.07) is 5.18. The van der Waals surface area contributed by atoms with Gasteiger partial charge >= 0.3 is 16.4 Å². The Balaban J connectivity index is 0. The minimum absolute atomic E-state index is 0. The Labute approximate surface area is 125 Å². The first-order chi connectivity index (χ1) is 6.40. The van der Waals surface area contributed by atoms with Gasteiger partial charge in [0.25, 0.3) is 0 Å². The van der Waals surface area contributed by atoms with Crippen LogP contribution in [0.1, 0.15) is 10.4 Å². The van der Waals surface area contributed by atoms with Crippen LogP contribution in [0.4, 0.5) is 0 Å². The predicted molar refractivity (Wildman–Crippen MR) is 50.8 cm³/mol. The fourth-order valence-corrected chi connectivity index (χ4v) is 1.07. The SMILES string of the molecule is O=C(OS(=O)(=O)O)c1ccccc1O.[Cr].[Na]. The van der Waals surface area contributed by atoms with Crippen molar-refractivity contribution in [1.29, 1.82) is 0 Å². The van der Waals surface area contributed by atoms with Crippen LogP contribution in [-0.2, 0) is 31.9 Å². The molecule has 2 N–H and O–H groups in total. The van der Waals surface area contributed by atoms with E-state index in [1.807, 2.05) is 0 Å². The van der Waals surface area contributed by atoms with E-state index in [9.17, 15) is 13.2 Å². The maximum absolute atomic E-state index is 11.0. The van der Waals surface area contributed by atoms with Crippen LogP contribution >= 0.6 is 0 Å². The monoisotopic (exact) mass is 293 g/mol. The van der Waals surface area contributed by atoms with Gasteiger partial charge in [-0.2, -0.15) is 8.42 Å². The number of hydrogen-bond donors (Lipinski definition) is 2. The topological polar surface area (TPSA) is 101 Å². The normalized spacial score (nSPS) is 9.56. The molecule has 0 atom stereocenters. The van der Waals surface area contributed by atoms with Crippen LogP contribution in [-0.4, -0.2) is 53.6 Å². The van der Waals surface area contributed by atoms with Gasteiger partial charge in [0.05, 0.1) is 0 Å². The van der Waals surface area contributed by atoms with Gasteiger partial charge in [-0.05, 0) is 12.1 Å². The third-order valence-corrected chi connectivity index (χ3v) is 1.67. The van der Waals surface area contributed by atoms with Crippen LogP contribution in [0.5, 0.6) is 5.75 Å². The van der Waals surface area contributed by atoms with Gasteiger partial charge in [0.2, 0.25) is 0 Å². The first-order valence-electron chi connectivity index (χ1n) is 3.39. The number of phenols is 1. The van der Waals surface area contributed by atoms with E-state index >= 15 is 0 Å². The van der Waals surface area contributed by atoms with Crippen molar-refractivity contribution in [2.45, 2.75) is 0 Å². The van der Waals surface area contributed by atoms with Crippen molar-refractivity contribution in [3.8, 4) is 5.75 Å². The molecule has 0 bridgehead atoms. The number of carbonyl (C=O) groups excluding carboxylic acids is 1. The van der Waals surface area contributed by atoms with Gasteiger partial charge in [0.1, 0.15) is 11.3 Å². The van der Waals surface area contributed by atoms with Crippen molar-refractivity contribution < 1.29 is 44.4 Å². The quantitative estimate of drug-likeness (QED) is 0.586. The molecule has 0 fully saturated rings. The average Bonchev–Trinajstić information content (AvgIpc) is 2.01. The van der Waals surface area contributed by atoms with Crippen molar-refractivity contribution in [1.82, 2.24) is 0 Å². The second kappa shape index (κ2) is 7.30. The third kappa shape index (κ3) is 5.87. The number of hydrogen-bond acceptors (Lipinski definition) is 5. The third-order valence-electron chi connectivity index (χ3n) is 1.30. The second-order valence-electron chi connectivity index (χ2n) is 2.32. The zero-order valence-electron chi connectivity index (χ0n) is 8.15. The molecule has 0 saturated carbocycles. The van der Waals surface area contributed by atoms with Crippen LogP contribution in [0.3, 0.4) is 0 Å². The zero-order chi connectivity index (χ0) is 10.8. The Kier molecular flexibility index (Phi) is 8.35. The average molecular weight is 293 g/mol. The summed E-state index contributed by atoms with van der Waals surface area (Å²) in [7, 11) is -4.85. The number of rotatable bonds is 2. The molecule has 9 heteroatoms. The Morgan fingerprint density at radius 3 is 2.19 bits per heavy atom. The summed E-state index contributed by atoms with van der Waals surface area (Å²) in [4.78, 5) is 11.0. The molecule has 0 amide bonds. The van der Waals surface area contributed by atoms with Crippen LogP contribution in [0, 0.1) is 0 Å². The van der Waals surface area contributed by atoms with Gasteiger partial charge in [-0.25, -0.2) is 4.79 Å². The van der Waals surface area contributed by atoms with Gasteiger partial charge in [-0.3, -0.25) is 4.55 Å². The first-order valence-corrected chi connectivity index (χ1v) is 4.76. The maximum Gasteiger partial charge on any atom is 0.449 e. The molecule has 6 nitrogen and oxygen atoms in total. The Morgan fingerprint density at radius 1 is 1.25 bits per heavy atom. The fourth-order valence-electron chi connectivity index (χ4n) is 0.787. The molecular formula is C7H6CrNaO6S. The summed E-state index contributed by atoms with van der Waals surface area (Å²) in [6.45, 7) is 0. The standard InChI is InChI=1S/C7H6O6S.Cr.Na/c8-6-4-2-1-3-5(6)7(9)13-14(10,11)12;;/h1-4,8H,(H,10,11,12);;. The van der Waals surface area contributed by atoms with Gasteiger partial charge < -0.3 is 9.29 Å². The Hall–Kier alpha value is -0.0675. The van der Waals surface area contributed by atoms with E-state index in [2.05, 4.69) is 4.18 Å². The molecule has 83 valence electrons. The smallest absolute Gasteiger partial charge is 0.449 e. The number of phenolic OH excluding ortho intramolecular Hbond substituents is 1. The summed E-state index contributed by atoms with van der Waals surface area (Å²) < 4.78 is 32.1. The zero-order valence-corrected chi connectivity index (χ0v) is 12.2. The molecule has 1 rings (SSSR count). The molecule has 0 unspecified atom stereocenters. The van der Waals surface area contributed by atoms with Crippen molar-refractivity contribution in [3.05, 3.63) is 29.8 Å². The number of aromatic hydroxyl groups is 1. The largest absolute Gasteiger partial charge is 0.507 e. The molecule has 1 radical (unpaired) electrons. The molecule has 0 aliphatic carbocycles. The summed E-state index contributed by atoms with van der Waals surface area (Å²) in [5.74, 6) is -1.77. The summed E-state index contributed by atoms with van der Waals surface area (Å²) >= 11 is 0. The predicted octanol–water partition coefficient (Wildman–Crippen LogP) is -0.0315. The van der Waals surface area contributed by atoms with Crippen LogP contribution in [0.25, 0.3) is 0 Å². The van der Waals surface area contributed by atoms with Crippen LogP contribution in [0.2, 0.25) is 0 Å². The molecular weight excluding hydrogens is 287 g/mol. The maximum atomic E-state index is 11.0. The van der Waals surface area contributed by atoms with E-state index in [1.54, 1.807) is 0 Å². The van der Waals surface area contributed by atoms with E-state index in [4.69, 9.17) is 9.66 Å². The van der Waals surface area contributed by atoms with E-state index in [1.165, 1.54) is 18.2 Å². The molecule has 0 heterocycles. The molecule has 0 aromatic heterocycles. The molecule has 0 aliphatic rings. The molecule has 0 aliphatic heterocycles. The minimum Gasteiger partial charge on any atom is -0.507 e. The number of benzene rings is 1. The van der Waals surface area contributed by atoms with Gasteiger partial charge in [0.15, 0.2) is 0 Å². The van der Waals surface area contributed by atoms with Gasteiger partial charge in [-0.15, -0.1) is 0 Å². The Morgan fingerprint density at radius 2 is 1.75 bits per heavy atom. The minimum atomic E-state index is -4.85. The molecule has 1 aromatic rings. The first kappa shape index (κ1) is 18.3. The van der Waals surface area contributed by atoms with E-state index in [-0.39, 0.29) is 52.5 Å². The Bertz CT molecular complexity index is 460. The summed E-state index contributed by atoms with van der Waals surface area (Å²) in [5, 5.41) is 9.10. The molecule has 0 spiro atoms. The van der Waals surface area contributed by atoms with Gasteiger partial charge in [0, 0.05) is 46.9 Å². The van der Waals surface area contributed by atoms with Crippen LogP contribution in [0.15, 0.2) is 24.3 Å². The van der Waals surface area contributed by atoms with Crippen molar-refractivity contribution >= 4 is 45.9 Å². The second-order valence-corrected chi connectivity index (χ2v) is 3.34. The van der Waals surface area contributed by atoms with Crippen molar-refractivity contribution in [2.75, 3.05) is 0 Å². The van der Waals surface area contributed by atoms with Crippen LogP contribution < -0.4 is 0 Å². The van der Waals surface area contributed by atoms with E-state index in [0.29, 0.717) is 0 Å². The summed E-state index contributed by atoms with van der Waals surface area (Å²) in [5.41, 5.74) is -0.342. The summed E-state index contributed by atoms with van der Waals surface area (Å²) in [6.07, 6.45) is 0. The van der Waals surface area contributed by atoms with E-state index < -0.39 is 22.1 Å². The van der Waals surface area contributed by atoms with Crippen molar-refractivity contribution in [2.24, 2.45) is 0 Å².